The number of methoxy groups -OCH3 is 1. The van der Waals surface area contributed by atoms with E-state index in [-0.39, 0.29) is 49.3 Å². The molecule has 2 atom stereocenters. The summed E-state index contributed by atoms with van der Waals surface area (Å²) in [5.41, 5.74) is 9.16. The summed E-state index contributed by atoms with van der Waals surface area (Å²) in [5.74, 6) is 0.718. The fourth-order valence-electron chi connectivity index (χ4n) is 1.59. The molecule has 0 saturated heterocycles. The molecule has 0 saturated carbocycles. The van der Waals surface area contributed by atoms with E-state index in [4.69, 9.17) is 15.0 Å². The third-order valence-corrected chi connectivity index (χ3v) is 4.01. The van der Waals surface area contributed by atoms with Crippen molar-refractivity contribution in [3.63, 3.8) is 0 Å². The fraction of sp³-hybridized carbons (Fsp3) is 0.500. The smallest absolute Gasteiger partial charge is 0.726 e. The van der Waals surface area contributed by atoms with Gasteiger partial charge in [0, 0.05) is 4.91 Å². The van der Waals surface area contributed by atoms with Gasteiger partial charge in [-0.15, -0.1) is 0 Å². The van der Waals surface area contributed by atoms with Crippen molar-refractivity contribution >= 4 is 26.3 Å². The quantitative estimate of drug-likeness (QED) is 0.0898. The van der Waals surface area contributed by atoms with Gasteiger partial charge in [-0.2, -0.15) is 0 Å². The SMILES string of the molecule is COc1ccc(COC[C@H](Br)[C@H](CN=[N+]=[N-])OS(=O)(=O)[O-])cc1.[Na+]. The Morgan fingerprint density at radius 2 is 2.00 bits per heavy atom. The van der Waals surface area contributed by atoms with E-state index in [9.17, 15) is 13.0 Å². The molecule has 0 aromatic heterocycles. The number of rotatable bonds is 10. The Labute approximate surface area is 170 Å². The molecule has 0 bridgehead atoms. The van der Waals surface area contributed by atoms with Crippen molar-refractivity contribution in [2.45, 2.75) is 17.5 Å². The zero-order valence-corrected chi connectivity index (χ0v) is 17.6. The number of azide groups is 1. The predicted octanol–water partition coefficient (Wildman–Crippen LogP) is -0.865. The van der Waals surface area contributed by atoms with Crippen LogP contribution in [-0.2, 0) is 25.9 Å². The van der Waals surface area contributed by atoms with E-state index in [0.29, 0.717) is 0 Å². The van der Waals surface area contributed by atoms with Gasteiger partial charge in [-0.1, -0.05) is 33.2 Å². The second kappa shape index (κ2) is 12.1. The number of hydrogen-bond donors (Lipinski definition) is 0. The van der Waals surface area contributed by atoms with Crippen LogP contribution in [0.15, 0.2) is 29.4 Å². The topological polar surface area (TPSA) is 134 Å². The summed E-state index contributed by atoms with van der Waals surface area (Å²) in [5, 5.41) is 3.22. The number of ether oxygens (including phenoxy) is 2. The number of alkyl halides is 1. The molecule has 0 radical (unpaired) electrons. The number of benzene rings is 1. The zero-order chi connectivity index (χ0) is 17.3. The van der Waals surface area contributed by atoms with Gasteiger partial charge < -0.3 is 14.0 Å². The van der Waals surface area contributed by atoms with Crippen LogP contribution in [0.1, 0.15) is 5.56 Å². The molecule has 0 aliphatic carbocycles. The van der Waals surface area contributed by atoms with E-state index in [2.05, 4.69) is 30.1 Å². The second-order valence-electron chi connectivity index (χ2n) is 4.34. The molecule has 1 rings (SSSR count). The Hall–Kier alpha value is -0.360. The van der Waals surface area contributed by atoms with Crippen LogP contribution in [0.5, 0.6) is 5.75 Å². The average molecular weight is 432 g/mol. The van der Waals surface area contributed by atoms with Crippen LogP contribution in [0.3, 0.4) is 0 Å². The van der Waals surface area contributed by atoms with E-state index in [0.717, 1.165) is 11.3 Å². The van der Waals surface area contributed by atoms with Crippen molar-refractivity contribution in [2.24, 2.45) is 5.11 Å². The average Bonchev–Trinajstić information content (AvgIpc) is 2.51. The fourth-order valence-corrected chi connectivity index (χ4v) is 2.69. The molecule has 0 spiro atoms. The van der Waals surface area contributed by atoms with Crippen LogP contribution in [0.25, 0.3) is 10.4 Å². The Bertz CT molecular complexity index is 639. The van der Waals surface area contributed by atoms with Crippen molar-refractivity contribution in [1.82, 2.24) is 0 Å². The minimum atomic E-state index is -4.92. The monoisotopic (exact) mass is 431 g/mol. The summed E-state index contributed by atoms with van der Waals surface area (Å²) in [4.78, 5) is 1.86. The molecule has 0 aliphatic heterocycles. The van der Waals surface area contributed by atoms with Crippen molar-refractivity contribution in [3.8, 4) is 5.75 Å². The molecule has 12 heteroatoms. The van der Waals surface area contributed by atoms with Crippen LogP contribution in [0.4, 0.5) is 0 Å². The first kappa shape index (κ1) is 23.6. The summed E-state index contributed by atoms with van der Waals surface area (Å²) in [7, 11) is -3.35. The van der Waals surface area contributed by atoms with Crippen molar-refractivity contribution < 1.29 is 56.2 Å². The Morgan fingerprint density at radius 3 is 2.50 bits per heavy atom. The molecule has 0 heterocycles. The molecular formula is C12H15BrN3NaO6S. The van der Waals surface area contributed by atoms with Crippen LogP contribution < -0.4 is 34.3 Å². The van der Waals surface area contributed by atoms with Crippen molar-refractivity contribution in [1.29, 1.82) is 0 Å². The van der Waals surface area contributed by atoms with Gasteiger partial charge >= 0.3 is 29.6 Å². The van der Waals surface area contributed by atoms with Gasteiger partial charge in [0.15, 0.2) is 0 Å². The van der Waals surface area contributed by atoms with Crippen LogP contribution >= 0.6 is 15.9 Å². The van der Waals surface area contributed by atoms with Gasteiger partial charge in [0.25, 0.3) is 0 Å². The van der Waals surface area contributed by atoms with Gasteiger partial charge in [-0.25, -0.2) is 8.42 Å². The van der Waals surface area contributed by atoms with Crippen LogP contribution in [0.2, 0.25) is 0 Å². The van der Waals surface area contributed by atoms with Gasteiger partial charge in [0.2, 0.25) is 10.4 Å². The Balaban J connectivity index is 0.00000529. The van der Waals surface area contributed by atoms with E-state index in [1.54, 1.807) is 19.2 Å². The zero-order valence-electron chi connectivity index (χ0n) is 13.2. The number of halogens is 1. The Kier molecular flexibility index (Phi) is 11.9. The first-order valence-electron chi connectivity index (χ1n) is 6.35. The van der Waals surface area contributed by atoms with E-state index < -0.39 is 21.3 Å². The molecule has 0 aliphatic rings. The molecule has 1 aromatic rings. The predicted molar refractivity (Wildman–Crippen MR) is 83.9 cm³/mol. The minimum Gasteiger partial charge on any atom is -0.726 e. The molecular weight excluding hydrogens is 417 g/mol. The summed E-state index contributed by atoms with van der Waals surface area (Å²) in [6, 6.07) is 7.19. The van der Waals surface area contributed by atoms with E-state index in [1.807, 2.05) is 12.1 Å². The van der Waals surface area contributed by atoms with Crippen LogP contribution in [0, 0.1) is 0 Å². The summed E-state index contributed by atoms with van der Waals surface area (Å²) < 4.78 is 46.8. The molecule has 0 unspecified atom stereocenters. The normalized spacial score (nSPS) is 13.3. The van der Waals surface area contributed by atoms with Gasteiger partial charge in [-0.3, -0.25) is 4.18 Å². The first-order chi connectivity index (χ1) is 10.9. The summed E-state index contributed by atoms with van der Waals surface area (Å²) >= 11 is 3.17. The Morgan fingerprint density at radius 1 is 1.38 bits per heavy atom. The summed E-state index contributed by atoms with van der Waals surface area (Å²) in [6.45, 7) is -0.00258. The molecule has 24 heavy (non-hydrogen) atoms. The van der Waals surface area contributed by atoms with E-state index >= 15 is 0 Å². The molecule has 1 aromatic carbocycles. The number of hydrogen-bond acceptors (Lipinski definition) is 7. The molecule has 128 valence electrons. The maximum atomic E-state index is 10.7. The van der Waals surface area contributed by atoms with Crippen molar-refractivity contribution in [2.75, 3.05) is 20.3 Å². The first-order valence-corrected chi connectivity index (χ1v) is 8.60. The maximum absolute atomic E-state index is 10.7. The van der Waals surface area contributed by atoms with Gasteiger partial charge in [0.05, 0.1) is 37.8 Å². The molecule has 0 N–H and O–H groups in total. The summed E-state index contributed by atoms with van der Waals surface area (Å²) in [6.07, 6.45) is -1.15. The maximum Gasteiger partial charge on any atom is 1.00 e. The molecule has 9 nitrogen and oxygen atoms in total. The van der Waals surface area contributed by atoms with E-state index in [1.165, 1.54) is 0 Å². The van der Waals surface area contributed by atoms with Gasteiger partial charge in [-0.05, 0) is 23.2 Å². The van der Waals surface area contributed by atoms with Crippen molar-refractivity contribution in [3.05, 3.63) is 40.3 Å². The third kappa shape index (κ3) is 9.82. The van der Waals surface area contributed by atoms with Crippen LogP contribution in [-0.4, -0.2) is 44.2 Å². The molecule has 0 amide bonds. The second-order valence-corrected chi connectivity index (χ2v) is 6.52. The third-order valence-electron chi connectivity index (χ3n) is 2.67. The number of nitrogens with zero attached hydrogens (tertiary/aromatic N) is 3. The molecule has 0 fully saturated rings. The minimum absolute atomic E-state index is 0. The largest absolute Gasteiger partial charge is 1.00 e. The standard InChI is InChI=1S/C12H16BrN3O6S.Na/c1-20-10-4-2-9(3-5-10)7-21-8-11(13)12(6-15-16-14)22-23(17,18)19;/h2-5,11-12H,6-8H2,1H3,(H,17,18,19);/q;+1/p-1/t11-,12-;/m0./s1. The van der Waals surface area contributed by atoms with Gasteiger partial charge in [0.1, 0.15) is 5.75 Å².